The molecule has 11 heteroatoms. The summed E-state index contributed by atoms with van der Waals surface area (Å²) in [6, 6.07) is 27.4. The Morgan fingerprint density at radius 2 is 1.44 bits per heavy atom. The Labute approximate surface area is 338 Å². The normalized spacial score (nSPS) is 22.3. The van der Waals surface area contributed by atoms with E-state index in [-0.39, 0.29) is 35.0 Å². The van der Waals surface area contributed by atoms with Crippen molar-refractivity contribution >= 4 is 48.1 Å². The molecule has 4 amide bonds. The molecule has 57 heavy (non-hydrogen) atoms. The van der Waals surface area contributed by atoms with Gasteiger partial charge in [-0.1, -0.05) is 131 Å². The Morgan fingerprint density at radius 3 is 2.04 bits per heavy atom. The quantitative estimate of drug-likeness (QED) is 0.136. The van der Waals surface area contributed by atoms with Crippen LogP contribution in [0.15, 0.2) is 103 Å². The van der Waals surface area contributed by atoms with E-state index in [1.165, 1.54) is 0 Å². The van der Waals surface area contributed by atoms with E-state index in [2.05, 4.69) is 61.0 Å². The number of rotatable bonds is 12. The molecule has 1 saturated carbocycles. The second kappa shape index (κ2) is 18.2. The van der Waals surface area contributed by atoms with Crippen LogP contribution >= 0.6 is 0 Å². The van der Waals surface area contributed by atoms with Crippen molar-refractivity contribution in [3.05, 3.63) is 109 Å². The number of allylic oxidation sites excluding steroid dienone is 1. The van der Waals surface area contributed by atoms with Gasteiger partial charge in [-0.2, -0.15) is 0 Å². The van der Waals surface area contributed by atoms with Crippen LogP contribution in [0.3, 0.4) is 0 Å². The van der Waals surface area contributed by atoms with Crippen LogP contribution in [0.2, 0.25) is 5.04 Å². The number of nitrogens with zero attached hydrogens (tertiary/aromatic N) is 1. The smallest absolute Gasteiger partial charge is 0.262 e. The van der Waals surface area contributed by atoms with Gasteiger partial charge in [0.05, 0.1) is 0 Å². The average Bonchev–Trinajstić information content (AvgIpc) is 3.90. The largest absolute Gasteiger partial charge is 0.397 e. The summed E-state index contributed by atoms with van der Waals surface area (Å²) >= 11 is 0. The van der Waals surface area contributed by atoms with Gasteiger partial charge in [-0.15, -0.1) is 0 Å². The van der Waals surface area contributed by atoms with E-state index < -0.39 is 44.0 Å². The highest BCUT2D eigenvalue weighted by molar-refractivity contribution is 6.99. The van der Waals surface area contributed by atoms with Crippen molar-refractivity contribution in [2.45, 2.75) is 127 Å². The van der Waals surface area contributed by atoms with Gasteiger partial charge in [0.15, 0.2) is 5.78 Å². The lowest BCUT2D eigenvalue weighted by Crippen LogP contribution is -2.68. The maximum Gasteiger partial charge on any atom is 0.262 e. The Balaban J connectivity index is 1.15. The molecule has 2 saturated heterocycles. The third-order valence-corrected chi connectivity index (χ3v) is 17.0. The van der Waals surface area contributed by atoms with Crippen molar-refractivity contribution in [2.24, 2.45) is 0 Å². The number of hydrogen-bond donors (Lipinski definition) is 3. The minimum absolute atomic E-state index is 0.147. The lowest BCUT2D eigenvalue weighted by Gasteiger charge is -2.44. The van der Waals surface area contributed by atoms with Gasteiger partial charge in [-0.05, 0) is 78.9 Å². The number of unbranched alkanes of at least 4 members (excludes halogenated alkanes) is 1. The molecule has 302 valence electrons. The lowest BCUT2D eigenvalue weighted by atomic mass is 9.93. The van der Waals surface area contributed by atoms with Gasteiger partial charge in [-0.25, -0.2) is 0 Å². The molecule has 3 aromatic carbocycles. The van der Waals surface area contributed by atoms with Crippen molar-refractivity contribution in [2.75, 3.05) is 6.54 Å². The van der Waals surface area contributed by atoms with Gasteiger partial charge in [0, 0.05) is 13.0 Å². The van der Waals surface area contributed by atoms with Crippen LogP contribution in [-0.2, 0) is 34.8 Å². The second-order valence-electron chi connectivity index (χ2n) is 16.9. The van der Waals surface area contributed by atoms with Crippen LogP contribution in [0, 0.1) is 0 Å². The molecule has 1 aliphatic carbocycles. The minimum Gasteiger partial charge on any atom is -0.397 e. The van der Waals surface area contributed by atoms with E-state index in [1.54, 1.807) is 17.1 Å². The van der Waals surface area contributed by atoms with Crippen LogP contribution in [0.1, 0.15) is 91.0 Å². The molecule has 10 nitrogen and oxygen atoms in total. The third-order valence-electron chi connectivity index (χ3n) is 11.9. The number of ketones is 1. The molecule has 2 heterocycles. The summed E-state index contributed by atoms with van der Waals surface area (Å²) in [6.45, 7) is 8.74. The summed E-state index contributed by atoms with van der Waals surface area (Å²) in [7, 11) is -2.94. The van der Waals surface area contributed by atoms with E-state index >= 15 is 0 Å². The first-order valence-corrected chi connectivity index (χ1v) is 22.5. The number of fused-ring (bicyclic) bond motifs is 1. The molecule has 0 unspecified atom stereocenters. The zero-order valence-electron chi connectivity index (χ0n) is 33.8. The van der Waals surface area contributed by atoms with Crippen molar-refractivity contribution < 1.29 is 28.4 Å². The number of hydrogen-bond acceptors (Lipinski definition) is 6. The van der Waals surface area contributed by atoms with Crippen molar-refractivity contribution in [1.29, 1.82) is 0 Å². The Morgan fingerprint density at radius 1 is 0.842 bits per heavy atom. The lowest BCUT2D eigenvalue weighted by molar-refractivity contribution is -0.144. The van der Waals surface area contributed by atoms with E-state index in [0.29, 0.717) is 51.5 Å². The fourth-order valence-corrected chi connectivity index (χ4v) is 13.5. The Kier molecular flexibility index (Phi) is 13.3. The molecule has 6 rings (SSSR count). The summed E-state index contributed by atoms with van der Waals surface area (Å²) in [5.74, 6) is -1.58. The Hall–Kier alpha value is -4.87. The topological polar surface area (TPSA) is 134 Å². The second-order valence-corrected chi connectivity index (χ2v) is 21.2. The number of benzene rings is 3. The predicted molar refractivity (Wildman–Crippen MR) is 224 cm³/mol. The van der Waals surface area contributed by atoms with E-state index in [4.69, 9.17) is 4.43 Å². The molecular formula is C46H58N4O6Si. The van der Waals surface area contributed by atoms with Gasteiger partial charge in [0.25, 0.3) is 8.32 Å². The molecule has 1 spiro atoms. The van der Waals surface area contributed by atoms with Crippen molar-refractivity contribution in [3.8, 4) is 0 Å². The summed E-state index contributed by atoms with van der Waals surface area (Å²) in [5, 5.41) is 11.0. The third kappa shape index (κ3) is 9.31. The van der Waals surface area contributed by atoms with Crippen LogP contribution in [0.5, 0.6) is 0 Å². The first-order chi connectivity index (χ1) is 27.3. The zero-order chi connectivity index (χ0) is 40.6. The molecule has 0 aromatic heterocycles. The van der Waals surface area contributed by atoms with Crippen LogP contribution in [0.25, 0.3) is 0 Å². The number of nitrogens with one attached hydrogen (secondary N) is 3. The SMILES string of the molecule is C[C@H](O[Si](c1ccccc1)(c1ccccc1)C(C)(C)C)C(=O)/C=C/CCC[C@@H]1NC(=O)[C@H]2CCCN2C(=O)[C@H](Cc2ccccc2)NC(=O)C2(CCCC2)NC1=O. The standard InChI is InChI=1S/C46H58N4O6Si/c1-33(56-57(45(2,3)4,35-22-11-6-12-23-35)36-24-13-7-14-25-36)40(51)28-16-8-15-26-37-41(52)49-46(29-17-18-30-46)44(55)48-38(32-34-20-9-5-10-21-34)43(54)50-31-19-27-39(50)42(53)47-37/h5-7,9-14,16,20-25,28,33,37-39H,8,15,17-19,26-27,29-32H2,1-4H3,(H,47,53)(H,48,55)(H,49,52)/b28-16+/t33-,37-,38-,39+/m0/s1. The molecule has 3 N–H and O–H groups in total. The summed E-state index contributed by atoms with van der Waals surface area (Å²) < 4.78 is 6.99. The Bertz CT molecular complexity index is 1870. The first kappa shape index (κ1) is 41.8. The van der Waals surface area contributed by atoms with Crippen LogP contribution < -0.4 is 26.3 Å². The highest BCUT2D eigenvalue weighted by Gasteiger charge is 2.52. The minimum atomic E-state index is -2.94. The fourth-order valence-electron chi connectivity index (χ4n) is 8.89. The predicted octanol–water partition coefficient (Wildman–Crippen LogP) is 4.89. The monoisotopic (exact) mass is 790 g/mol. The highest BCUT2D eigenvalue weighted by Crippen LogP contribution is 2.38. The van der Waals surface area contributed by atoms with E-state index in [9.17, 15) is 24.0 Å². The molecule has 3 aromatic rings. The van der Waals surface area contributed by atoms with Gasteiger partial charge in [0.2, 0.25) is 23.6 Å². The summed E-state index contributed by atoms with van der Waals surface area (Å²) in [6.07, 6.45) is 7.74. The maximum absolute atomic E-state index is 14.1. The fraction of sp³-hybridized carbons (Fsp3) is 0.457. The van der Waals surface area contributed by atoms with Crippen LogP contribution in [0.4, 0.5) is 0 Å². The number of amides is 4. The highest BCUT2D eigenvalue weighted by atomic mass is 28.4. The van der Waals surface area contributed by atoms with Gasteiger partial charge >= 0.3 is 0 Å². The molecule has 4 atom stereocenters. The number of carbonyl (C=O) groups is 5. The maximum atomic E-state index is 14.1. The van der Waals surface area contributed by atoms with Gasteiger partial charge in [0.1, 0.15) is 29.8 Å². The van der Waals surface area contributed by atoms with Crippen LogP contribution in [-0.4, -0.2) is 78.9 Å². The molecular weight excluding hydrogens is 733 g/mol. The summed E-state index contributed by atoms with van der Waals surface area (Å²) in [4.78, 5) is 71.3. The summed E-state index contributed by atoms with van der Waals surface area (Å²) in [5.41, 5.74) is -0.281. The molecule has 0 radical (unpaired) electrons. The molecule has 0 bridgehead atoms. The average molecular weight is 791 g/mol. The van der Waals surface area contributed by atoms with Crippen molar-refractivity contribution in [1.82, 2.24) is 20.9 Å². The molecule has 2 aliphatic heterocycles. The van der Waals surface area contributed by atoms with Gasteiger partial charge < -0.3 is 25.3 Å². The van der Waals surface area contributed by atoms with E-state index in [1.807, 2.05) is 73.7 Å². The van der Waals surface area contributed by atoms with Crippen molar-refractivity contribution in [3.63, 3.8) is 0 Å². The number of carbonyl (C=O) groups excluding carboxylic acids is 5. The molecule has 3 fully saturated rings. The van der Waals surface area contributed by atoms with Gasteiger partial charge in [-0.3, -0.25) is 24.0 Å². The van der Waals surface area contributed by atoms with E-state index in [0.717, 1.165) is 28.8 Å². The first-order valence-electron chi connectivity index (χ1n) is 20.6. The zero-order valence-corrected chi connectivity index (χ0v) is 34.8. The molecule has 3 aliphatic rings.